The van der Waals surface area contributed by atoms with Gasteiger partial charge in [0.1, 0.15) is 0 Å². The lowest BCUT2D eigenvalue weighted by atomic mass is 10.1. The first-order valence-electron chi connectivity index (χ1n) is 10.9. The smallest absolute Gasteiger partial charge is 0.262 e. The number of ketones is 1. The number of aromatic nitrogens is 2. The van der Waals surface area contributed by atoms with Crippen LogP contribution in [0.25, 0.3) is 17.0 Å². The molecular weight excluding hydrogens is 414 g/mol. The molecular formula is C27H23N3O3. The Bertz CT molecular complexity index is 1320. The van der Waals surface area contributed by atoms with E-state index in [1.54, 1.807) is 59.6 Å². The molecule has 33 heavy (non-hydrogen) atoms. The number of fused-ring (bicyclic) bond motifs is 1. The van der Waals surface area contributed by atoms with Crippen LogP contribution in [0.4, 0.5) is 5.69 Å². The summed E-state index contributed by atoms with van der Waals surface area (Å²) in [5.41, 5.74) is 3.86. The Morgan fingerprint density at radius 1 is 0.909 bits per heavy atom. The molecule has 1 aliphatic rings. The van der Waals surface area contributed by atoms with E-state index in [-0.39, 0.29) is 11.7 Å². The summed E-state index contributed by atoms with van der Waals surface area (Å²) in [7, 11) is 0. The number of allylic oxidation sites excluding steroid dienone is 1. The Kier molecular flexibility index (Phi) is 5.83. The number of hydrogen-bond acceptors (Lipinski definition) is 5. The normalized spacial score (nSPS) is 14.1. The molecule has 0 spiro atoms. The van der Waals surface area contributed by atoms with Crippen molar-refractivity contribution in [2.75, 3.05) is 31.2 Å². The van der Waals surface area contributed by atoms with Crippen molar-refractivity contribution >= 4 is 34.4 Å². The highest BCUT2D eigenvalue weighted by molar-refractivity contribution is 6.09. The van der Waals surface area contributed by atoms with Gasteiger partial charge in [-0.3, -0.25) is 19.1 Å². The van der Waals surface area contributed by atoms with Crippen LogP contribution in [0, 0.1) is 0 Å². The summed E-state index contributed by atoms with van der Waals surface area (Å²) in [6, 6.07) is 18.7. The third kappa shape index (κ3) is 4.33. The van der Waals surface area contributed by atoms with Crippen LogP contribution >= 0.6 is 0 Å². The van der Waals surface area contributed by atoms with Gasteiger partial charge in [0.2, 0.25) is 0 Å². The monoisotopic (exact) mass is 437 g/mol. The van der Waals surface area contributed by atoms with Crippen LogP contribution in [0.2, 0.25) is 0 Å². The van der Waals surface area contributed by atoms with Gasteiger partial charge < -0.3 is 9.64 Å². The summed E-state index contributed by atoms with van der Waals surface area (Å²) < 4.78 is 7.14. The molecule has 0 unspecified atom stereocenters. The molecule has 0 saturated carbocycles. The average molecular weight is 437 g/mol. The van der Waals surface area contributed by atoms with Crippen LogP contribution < -0.4 is 4.90 Å². The van der Waals surface area contributed by atoms with Crippen LogP contribution in [-0.4, -0.2) is 47.5 Å². The number of morpholine rings is 1. The number of hydrogen-bond donors (Lipinski definition) is 0. The van der Waals surface area contributed by atoms with Crippen molar-refractivity contribution in [1.29, 1.82) is 0 Å². The minimum atomic E-state index is -0.114. The standard InChI is InChI=1S/C27H23N3O3/c31-26(20-10-12-28-13-11-20)9-6-22-19-30(27(32)21-4-2-1-3-5-21)25-8-7-23(18-24(22)25)29-14-16-33-17-15-29/h1-13,18-19H,14-17H2/b9-6+. The highest BCUT2D eigenvalue weighted by Gasteiger charge is 2.17. The molecule has 2 aromatic carbocycles. The second-order valence-electron chi connectivity index (χ2n) is 7.86. The fourth-order valence-corrected chi connectivity index (χ4v) is 4.06. The lowest BCUT2D eigenvalue weighted by Gasteiger charge is -2.29. The second-order valence-corrected chi connectivity index (χ2v) is 7.86. The van der Waals surface area contributed by atoms with Crippen LogP contribution in [-0.2, 0) is 4.74 Å². The van der Waals surface area contributed by atoms with Crippen molar-refractivity contribution < 1.29 is 14.3 Å². The maximum atomic E-state index is 13.3. The van der Waals surface area contributed by atoms with Gasteiger partial charge in [0.05, 0.1) is 18.7 Å². The number of anilines is 1. The van der Waals surface area contributed by atoms with Gasteiger partial charge in [-0.05, 0) is 54.6 Å². The zero-order valence-corrected chi connectivity index (χ0v) is 18.1. The lowest BCUT2D eigenvalue weighted by molar-refractivity contribution is 0.0964. The molecule has 0 atom stereocenters. The van der Waals surface area contributed by atoms with E-state index in [1.807, 2.05) is 30.3 Å². The molecule has 0 bridgehead atoms. The Hall–Kier alpha value is -4.03. The molecule has 0 aliphatic carbocycles. The number of ether oxygens (including phenoxy) is 1. The SMILES string of the molecule is O=C(/C=C/c1cn(C(=O)c2ccccc2)c2ccc(N3CCOCC3)cc12)c1ccncc1. The summed E-state index contributed by atoms with van der Waals surface area (Å²) in [5, 5.41) is 0.919. The molecule has 4 aromatic rings. The maximum Gasteiger partial charge on any atom is 0.262 e. The molecule has 1 fully saturated rings. The van der Waals surface area contributed by atoms with Crippen LogP contribution in [0.15, 0.2) is 85.3 Å². The molecule has 0 amide bonds. The first-order chi connectivity index (χ1) is 16.2. The zero-order valence-electron chi connectivity index (χ0n) is 18.1. The molecule has 3 heterocycles. The molecule has 1 aliphatic heterocycles. The Morgan fingerprint density at radius 2 is 1.67 bits per heavy atom. The van der Waals surface area contributed by atoms with E-state index >= 15 is 0 Å². The summed E-state index contributed by atoms with van der Waals surface area (Å²) in [6.07, 6.45) is 8.32. The molecule has 0 N–H and O–H groups in total. The summed E-state index contributed by atoms with van der Waals surface area (Å²) >= 11 is 0. The number of rotatable bonds is 5. The number of carbonyl (C=O) groups is 2. The number of carbonyl (C=O) groups excluding carboxylic acids is 2. The van der Waals surface area contributed by atoms with E-state index in [0.29, 0.717) is 24.3 Å². The molecule has 164 valence electrons. The minimum absolute atomic E-state index is 0.111. The van der Waals surface area contributed by atoms with Gasteiger partial charge in [-0.15, -0.1) is 0 Å². The summed E-state index contributed by atoms with van der Waals surface area (Å²) in [4.78, 5) is 32.1. The zero-order chi connectivity index (χ0) is 22.6. The van der Waals surface area contributed by atoms with E-state index in [2.05, 4.69) is 16.0 Å². The predicted molar refractivity (Wildman–Crippen MR) is 129 cm³/mol. The molecule has 6 nitrogen and oxygen atoms in total. The van der Waals surface area contributed by atoms with E-state index < -0.39 is 0 Å². The van der Waals surface area contributed by atoms with Gasteiger partial charge in [-0.1, -0.05) is 18.2 Å². The molecule has 0 radical (unpaired) electrons. The van der Waals surface area contributed by atoms with Gasteiger partial charge in [0.15, 0.2) is 5.78 Å². The molecule has 5 rings (SSSR count). The fraction of sp³-hybridized carbons (Fsp3) is 0.148. The molecule has 2 aromatic heterocycles. The van der Waals surface area contributed by atoms with Crippen molar-refractivity contribution in [2.24, 2.45) is 0 Å². The average Bonchev–Trinajstić information content (AvgIpc) is 3.26. The van der Waals surface area contributed by atoms with Crippen LogP contribution in [0.5, 0.6) is 0 Å². The van der Waals surface area contributed by atoms with Gasteiger partial charge in [0, 0.05) is 59.4 Å². The van der Waals surface area contributed by atoms with E-state index in [1.165, 1.54) is 0 Å². The first kappa shape index (κ1) is 20.8. The third-order valence-corrected chi connectivity index (χ3v) is 5.81. The van der Waals surface area contributed by atoms with Gasteiger partial charge in [-0.2, -0.15) is 0 Å². The van der Waals surface area contributed by atoms with Crippen LogP contribution in [0.3, 0.4) is 0 Å². The summed E-state index contributed by atoms with van der Waals surface area (Å²) in [5.74, 6) is -0.225. The highest BCUT2D eigenvalue weighted by atomic mass is 16.5. The third-order valence-electron chi connectivity index (χ3n) is 5.81. The van der Waals surface area contributed by atoms with Gasteiger partial charge in [-0.25, -0.2) is 0 Å². The second kappa shape index (κ2) is 9.22. The van der Waals surface area contributed by atoms with E-state index in [4.69, 9.17) is 4.74 Å². The van der Waals surface area contributed by atoms with Crippen molar-refractivity contribution in [3.8, 4) is 0 Å². The summed E-state index contributed by atoms with van der Waals surface area (Å²) in [6.45, 7) is 3.03. The molecule has 6 heteroatoms. The van der Waals surface area contributed by atoms with E-state index in [0.717, 1.165) is 35.2 Å². The topological polar surface area (TPSA) is 64.4 Å². The minimum Gasteiger partial charge on any atom is -0.378 e. The van der Waals surface area contributed by atoms with Crippen LogP contribution in [0.1, 0.15) is 26.3 Å². The van der Waals surface area contributed by atoms with Crippen molar-refractivity contribution in [2.45, 2.75) is 0 Å². The number of nitrogens with zero attached hydrogens (tertiary/aromatic N) is 3. The maximum absolute atomic E-state index is 13.3. The lowest BCUT2D eigenvalue weighted by Crippen LogP contribution is -2.36. The number of pyridine rings is 1. The van der Waals surface area contributed by atoms with Gasteiger partial charge in [0.25, 0.3) is 5.91 Å². The highest BCUT2D eigenvalue weighted by Crippen LogP contribution is 2.29. The Labute approximate surface area is 191 Å². The van der Waals surface area contributed by atoms with Crippen molar-refractivity contribution in [3.05, 3.63) is 102 Å². The molecule has 1 saturated heterocycles. The largest absolute Gasteiger partial charge is 0.378 e. The fourth-order valence-electron chi connectivity index (χ4n) is 4.06. The van der Waals surface area contributed by atoms with Gasteiger partial charge >= 0.3 is 0 Å². The first-order valence-corrected chi connectivity index (χ1v) is 10.9. The van der Waals surface area contributed by atoms with E-state index in [9.17, 15) is 9.59 Å². The Morgan fingerprint density at radius 3 is 2.42 bits per heavy atom. The Balaban J connectivity index is 1.57. The van der Waals surface area contributed by atoms with Crippen molar-refractivity contribution in [1.82, 2.24) is 9.55 Å². The quantitative estimate of drug-likeness (QED) is 0.341. The predicted octanol–water partition coefficient (Wildman–Crippen LogP) is 4.46. The number of benzene rings is 2. The van der Waals surface area contributed by atoms with Crippen molar-refractivity contribution in [3.63, 3.8) is 0 Å².